The van der Waals surface area contributed by atoms with Gasteiger partial charge in [0.15, 0.2) is 0 Å². The number of thioether (sulfide) groups is 1. The molecule has 2 aromatic rings. The van der Waals surface area contributed by atoms with Gasteiger partial charge in [-0.15, -0.1) is 11.8 Å². The Bertz CT molecular complexity index is 642. The van der Waals surface area contributed by atoms with E-state index in [1.165, 1.54) is 11.1 Å². The van der Waals surface area contributed by atoms with Crippen LogP contribution in [0.1, 0.15) is 18.1 Å². The van der Waals surface area contributed by atoms with E-state index in [1.807, 2.05) is 43.3 Å². The second-order valence-electron chi connectivity index (χ2n) is 5.07. The van der Waals surface area contributed by atoms with E-state index in [2.05, 4.69) is 24.4 Å². The molecule has 0 spiro atoms. The van der Waals surface area contributed by atoms with Crippen LogP contribution in [-0.2, 0) is 10.5 Å². The van der Waals surface area contributed by atoms with Crippen LogP contribution in [0.25, 0.3) is 0 Å². The monoisotopic (exact) mass is 315 g/mol. The van der Waals surface area contributed by atoms with Gasteiger partial charge in [-0.3, -0.25) is 4.79 Å². The van der Waals surface area contributed by atoms with Crippen LogP contribution in [0.4, 0.5) is 5.69 Å². The predicted octanol–water partition coefficient (Wildman–Crippen LogP) is 4.26. The van der Waals surface area contributed by atoms with Crippen LogP contribution in [0, 0.1) is 6.92 Å². The molecule has 1 amide bonds. The number of nitrogens with one attached hydrogen (secondary N) is 1. The van der Waals surface area contributed by atoms with E-state index < -0.39 is 0 Å². The maximum Gasteiger partial charge on any atom is 0.237 e. The highest BCUT2D eigenvalue weighted by molar-refractivity contribution is 7.99. The highest BCUT2D eigenvalue weighted by atomic mass is 32.2. The summed E-state index contributed by atoms with van der Waals surface area (Å²) in [6, 6.07) is 15.7. The average molecular weight is 315 g/mol. The number of ether oxygens (including phenoxy) is 1. The van der Waals surface area contributed by atoms with Crippen molar-refractivity contribution in [1.82, 2.24) is 0 Å². The summed E-state index contributed by atoms with van der Waals surface area (Å²) in [4.78, 5) is 12.3. The lowest BCUT2D eigenvalue weighted by atomic mass is 10.1. The van der Waals surface area contributed by atoms with Crippen molar-refractivity contribution in [3.8, 4) is 5.75 Å². The summed E-state index contributed by atoms with van der Waals surface area (Å²) in [6.07, 6.45) is 0. The van der Waals surface area contributed by atoms with E-state index in [-0.39, 0.29) is 11.2 Å². The molecular weight excluding hydrogens is 294 g/mol. The molecule has 116 valence electrons. The Hall–Kier alpha value is -1.94. The summed E-state index contributed by atoms with van der Waals surface area (Å²) in [7, 11) is 1.60. The van der Waals surface area contributed by atoms with Crippen LogP contribution in [-0.4, -0.2) is 18.3 Å². The topological polar surface area (TPSA) is 38.3 Å². The largest absolute Gasteiger partial charge is 0.495 e. The zero-order chi connectivity index (χ0) is 15.9. The van der Waals surface area contributed by atoms with Crippen molar-refractivity contribution in [3.63, 3.8) is 0 Å². The number of methoxy groups -OCH3 is 1. The fourth-order valence-electron chi connectivity index (χ4n) is 2.04. The minimum absolute atomic E-state index is 0.0110. The summed E-state index contributed by atoms with van der Waals surface area (Å²) >= 11 is 1.63. The molecule has 0 saturated carbocycles. The number of hydrogen-bond acceptors (Lipinski definition) is 3. The molecule has 0 saturated heterocycles. The number of para-hydroxylation sites is 2. The van der Waals surface area contributed by atoms with Crippen molar-refractivity contribution in [2.45, 2.75) is 24.9 Å². The second kappa shape index (κ2) is 7.90. The molecule has 22 heavy (non-hydrogen) atoms. The van der Waals surface area contributed by atoms with Crippen LogP contribution < -0.4 is 10.1 Å². The Morgan fingerprint density at radius 3 is 2.59 bits per heavy atom. The number of anilines is 1. The number of benzene rings is 2. The molecule has 3 nitrogen and oxygen atoms in total. The quantitative estimate of drug-likeness (QED) is 0.865. The van der Waals surface area contributed by atoms with Gasteiger partial charge >= 0.3 is 0 Å². The van der Waals surface area contributed by atoms with Gasteiger partial charge in [-0.1, -0.05) is 36.4 Å². The number of carbonyl (C=O) groups is 1. The van der Waals surface area contributed by atoms with Gasteiger partial charge in [-0.05, 0) is 37.1 Å². The van der Waals surface area contributed by atoms with Gasteiger partial charge in [0.1, 0.15) is 5.75 Å². The number of aryl methyl sites for hydroxylation is 1. The van der Waals surface area contributed by atoms with Crippen LogP contribution in [0.3, 0.4) is 0 Å². The van der Waals surface area contributed by atoms with Gasteiger partial charge in [-0.25, -0.2) is 0 Å². The summed E-state index contributed by atoms with van der Waals surface area (Å²) in [5.41, 5.74) is 3.23. The Labute approximate surface area is 136 Å². The van der Waals surface area contributed by atoms with Crippen molar-refractivity contribution in [3.05, 3.63) is 59.7 Å². The second-order valence-corrected chi connectivity index (χ2v) is 6.40. The Balaban J connectivity index is 1.94. The van der Waals surface area contributed by atoms with Crippen LogP contribution in [0.15, 0.2) is 48.5 Å². The van der Waals surface area contributed by atoms with Crippen molar-refractivity contribution < 1.29 is 9.53 Å². The van der Waals surface area contributed by atoms with Crippen molar-refractivity contribution in [2.75, 3.05) is 12.4 Å². The van der Waals surface area contributed by atoms with Gasteiger partial charge in [0, 0.05) is 5.75 Å². The van der Waals surface area contributed by atoms with Gasteiger partial charge in [0.2, 0.25) is 5.91 Å². The first-order valence-electron chi connectivity index (χ1n) is 7.22. The molecule has 4 heteroatoms. The molecule has 0 radical (unpaired) electrons. The molecule has 2 aromatic carbocycles. The fourth-order valence-corrected chi connectivity index (χ4v) is 3.01. The number of carbonyl (C=O) groups excluding carboxylic acids is 1. The maximum atomic E-state index is 12.3. The van der Waals surface area contributed by atoms with Crippen molar-refractivity contribution in [2.24, 2.45) is 0 Å². The molecule has 0 aromatic heterocycles. The summed E-state index contributed by atoms with van der Waals surface area (Å²) < 4.78 is 5.25. The highest BCUT2D eigenvalue weighted by Crippen LogP contribution is 2.25. The van der Waals surface area contributed by atoms with E-state index in [0.29, 0.717) is 11.4 Å². The lowest BCUT2D eigenvalue weighted by molar-refractivity contribution is -0.115. The van der Waals surface area contributed by atoms with Crippen LogP contribution in [0.2, 0.25) is 0 Å². The minimum Gasteiger partial charge on any atom is -0.495 e. The molecule has 0 fully saturated rings. The van der Waals surface area contributed by atoms with Gasteiger partial charge in [-0.2, -0.15) is 0 Å². The smallest absolute Gasteiger partial charge is 0.237 e. The van der Waals surface area contributed by atoms with Crippen LogP contribution in [0.5, 0.6) is 5.75 Å². The molecular formula is C18H21NO2S. The third-order valence-electron chi connectivity index (χ3n) is 3.48. The number of rotatable bonds is 6. The summed E-state index contributed by atoms with van der Waals surface area (Å²) in [5, 5.41) is 2.79. The molecule has 0 heterocycles. The van der Waals surface area contributed by atoms with Crippen LogP contribution >= 0.6 is 11.8 Å². The standard InChI is InChI=1S/C18H21NO2S/c1-13-8-4-5-9-15(13)12-22-14(2)18(20)19-16-10-6-7-11-17(16)21-3/h4-11,14H,12H2,1-3H3,(H,19,20)/t14-/m1/s1. The molecule has 0 aliphatic heterocycles. The minimum atomic E-state index is -0.135. The predicted molar refractivity (Wildman–Crippen MR) is 93.6 cm³/mol. The van der Waals surface area contributed by atoms with Crippen molar-refractivity contribution in [1.29, 1.82) is 0 Å². The number of amides is 1. The zero-order valence-corrected chi connectivity index (χ0v) is 13.9. The lowest BCUT2D eigenvalue weighted by Gasteiger charge is -2.14. The Morgan fingerprint density at radius 2 is 1.86 bits per heavy atom. The number of hydrogen-bond donors (Lipinski definition) is 1. The molecule has 1 N–H and O–H groups in total. The summed E-state index contributed by atoms with van der Waals surface area (Å²) in [6.45, 7) is 4.02. The third-order valence-corrected chi connectivity index (χ3v) is 4.68. The summed E-state index contributed by atoms with van der Waals surface area (Å²) in [5.74, 6) is 1.49. The maximum absolute atomic E-state index is 12.3. The van der Waals surface area contributed by atoms with Gasteiger partial charge < -0.3 is 10.1 Å². The molecule has 1 atom stereocenters. The Kier molecular flexibility index (Phi) is 5.90. The SMILES string of the molecule is COc1ccccc1NC(=O)[C@@H](C)SCc1ccccc1C. The van der Waals surface area contributed by atoms with E-state index >= 15 is 0 Å². The first kappa shape index (κ1) is 16.4. The van der Waals surface area contributed by atoms with Gasteiger partial charge in [0.05, 0.1) is 18.0 Å². The molecule has 0 unspecified atom stereocenters. The Morgan fingerprint density at radius 1 is 1.18 bits per heavy atom. The van der Waals surface area contributed by atoms with Gasteiger partial charge in [0.25, 0.3) is 0 Å². The molecule has 2 rings (SSSR count). The average Bonchev–Trinajstić information content (AvgIpc) is 2.54. The molecule has 0 aliphatic rings. The fraction of sp³-hybridized carbons (Fsp3) is 0.278. The van der Waals surface area contributed by atoms with E-state index in [0.717, 1.165) is 5.75 Å². The van der Waals surface area contributed by atoms with Crippen molar-refractivity contribution >= 4 is 23.4 Å². The molecule has 0 bridgehead atoms. The molecule has 0 aliphatic carbocycles. The first-order chi connectivity index (χ1) is 10.6. The van der Waals surface area contributed by atoms with E-state index in [1.54, 1.807) is 18.9 Å². The highest BCUT2D eigenvalue weighted by Gasteiger charge is 2.15. The van der Waals surface area contributed by atoms with E-state index in [9.17, 15) is 4.79 Å². The third kappa shape index (κ3) is 4.28. The zero-order valence-electron chi connectivity index (χ0n) is 13.1. The normalized spacial score (nSPS) is 11.8. The van der Waals surface area contributed by atoms with E-state index in [4.69, 9.17) is 4.74 Å². The lowest BCUT2D eigenvalue weighted by Crippen LogP contribution is -2.22. The first-order valence-corrected chi connectivity index (χ1v) is 8.26.